The third kappa shape index (κ3) is 10.4. The molecule has 0 spiro atoms. The smallest absolute Gasteiger partial charge is 0.172 e. The van der Waals surface area contributed by atoms with E-state index in [9.17, 15) is 0 Å². The van der Waals surface area contributed by atoms with Gasteiger partial charge in [0.05, 0.1) is 96.5 Å². The molecule has 236 valence electrons. The molecule has 0 unspecified atom stereocenters. The number of hydrogen-bond acceptors (Lipinski definition) is 13. The van der Waals surface area contributed by atoms with Crippen LogP contribution in [0.4, 0.5) is 0 Å². The SMILES string of the molecule is COCCOCCOCCOc1c(OCCOCCOCCOC)c(-c2ccc(Br)s2)c2nsnc2c1-c1ccc(Br)s1. The number of methoxy groups -OCH3 is 2. The Morgan fingerprint density at radius 1 is 0.535 bits per heavy atom. The number of fused-ring (bicyclic) bond motifs is 1. The zero-order chi connectivity index (χ0) is 30.3. The summed E-state index contributed by atoms with van der Waals surface area (Å²) in [4.78, 5) is 1.97. The number of halogens is 2. The molecule has 0 N–H and O–H groups in total. The second-order valence-corrected chi connectivity index (χ2v) is 14.2. The first-order valence-corrected chi connectivity index (χ1v) is 17.5. The average Bonchev–Trinajstić information content (AvgIpc) is 3.76. The van der Waals surface area contributed by atoms with E-state index in [0.29, 0.717) is 90.8 Å². The minimum Gasteiger partial charge on any atom is -0.486 e. The van der Waals surface area contributed by atoms with Crippen LogP contribution in [0.1, 0.15) is 0 Å². The van der Waals surface area contributed by atoms with Crippen molar-refractivity contribution in [2.45, 2.75) is 0 Å². The first-order valence-electron chi connectivity index (χ1n) is 13.5. The number of hydrogen-bond donors (Lipinski definition) is 0. The summed E-state index contributed by atoms with van der Waals surface area (Å²) in [5.41, 5.74) is 3.20. The fraction of sp³-hybridized carbons (Fsp3) is 0.500. The van der Waals surface area contributed by atoms with Gasteiger partial charge in [0.1, 0.15) is 24.2 Å². The van der Waals surface area contributed by atoms with E-state index in [-0.39, 0.29) is 0 Å². The molecule has 0 aliphatic rings. The summed E-state index contributed by atoms with van der Waals surface area (Å²) in [5, 5.41) is 0. The summed E-state index contributed by atoms with van der Waals surface area (Å²) in [5.74, 6) is 1.19. The van der Waals surface area contributed by atoms with Gasteiger partial charge >= 0.3 is 0 Å². The van der Waals surface area contributed by atoms with E-state index < -0.39 is 0 Å². The summed E-state index contributed by atoms with van der Waals surface area (Å²) < 4.78 is 56.9. The van der Waals surface area contributed by atoms with Gasteiger partial charge in [-0.3, -0.25) is 0 Å². The van der Waals surface area contributed by atoms with Crippen LogP contribution in [0.3, 0.4) is 0 Å². The molecule has 3 heterocycles. The van der Waals surface area contributed by atoms with E-state index in [1.54, 1.807) is 36.9 Å². The second kappa shape index (κ2) is 19.3. The van der Waals surface area contributed by atoms with Gasteiger partial charge in [0.2, 0.25) is 0 Å². The van der Waals surface area contributed by atoms with Crippen LogP contribution in [-0.4, -0.2) is 102 Å². The number of rotatable bonds is 22. The maximum Gasteiger partial charge on any atom is 0.172 e. The molecule has 0 aliphatic carbocycles. The molecule has 0 saturated carbocycles. The van der Waals surface area contributed by atoms with Crippen LogP contribution < -0.4 is 9.47 Å². The van der Waals surface area contributed by atoms with E-state index in [1.807, 2.05) is 24.3 Å². The third-order valence-electron chi connectivity index (χ3n) is 5.82. The Bertz CT molecular complexity index is 1280. The van der Waals surface area contributed by atoms with Crippen molar-refractivity contribution in [3.8, 4) is 32.4 Å². The molecular weight excluding hydrogens is 748 g/mol. The maximum atomic E-state index is 6.49. The molecule has 0 atom stereocenters. The first-order chi connectivity index (χ1) is 21.1. The van der Waals surface area contributed by atoms with Crippen molar-refractivity contribution >= 4 is 77.3 Å². The van der Waals surface area contributed by atoms with Crippen molar-refractivity contribution in [1.29, 1.82) is 0 Å². The fourth-order valence-corrected chi connectivity index (χ4v) is 7.34. The Labute approximate surface area is 280 Å². The molecule has 0 fully saturated rings. The second-order valence-electron chi connectivity index (χ2n) is 8.71. The molecular formula is C28H34Br2N2O8S3. The molecule has 43 heavy (non-hydrogen) atoms. The van der Waals surface area contributed by atoms with Crippen LogP contribution in [0.15, 0.2) is 31.8 Å². The largest absolute Gasteiger partial charge is 0.486 e. The van der Waals surface area contributed by atoms with Gasteiger partial charge in [0.15, 0.2) is 11.5 Å². The quantitative estimate of drug-likeness (QED) is 0.0793. The van der Waals surface area contributed by atoms with Crippen molar-refractivity contribution in [2.24, 2.45) is 0 Å². The van der Waals surface area contributed by atoms with E-state index in [2.05, 4.69) is 31.9 Å². The number of nitrogens with zero attached hydrogens (tertiary/aromatic N) is 2. The lowest BCUT2D eigenvalue weighted by atomic mass is 10.0. The Morgan fingerprint density at radius 2 is 0.907 bits per heavy atom. The average molecular weight is 783 g/mol. The Kier molecular flexibility index (Phi) is 15.6. The van der Waals surface area contributed by atoms with Gasteiger partial charge in [0, 0.05) is 24.0 Å². The van der Waals surface area contributed by atoms with Crippen LogP contribution in [0, 0.1) is 0 Å². The topological polar surface area (TPSA) is 99.6 Å². The highest BCUT2D eigenvalue weighted by Crippen LogP contribution is 2.53. The standard InChI is InChI=1S/C28H34Br2N2O8S3/c1-33-7-9-35-11-13-37-15-17-39-27-23(19-3-5-21(29)41-19)25-26(32-43-31-25)24(20-4-6-22(30)42-20)28(27)40-18-16-38-14-12-36-10-8-34-2/h3-6H,7-18H2,1-2H3. The molecule has 15 heteroatoms. The first kappa shape index (κ1) is 34.6. The Hall–Kier alpha value is -1.24. The van der Waals surface area contributed by atoms with Crippen molar-refractivity contribution in [3.05, 3.63) is 31.8 Å². The van der Waals surface area contributed by atoms with E-state index in [1.165, 1.54) is 11.7 Å². The summed E-state index contributed by atoms with van der Waals surface area (Å²) in [7, 11) is 3.29. The summed E-state index contributed by atoms with van der Waals surface area (Å²) in [6, 6.07) is 8.11. The molecule has 4 aromatic rings. The number of thiophene rings is 2. The highest BCUT2D eigenvalue weighted by molar-refractivity contribution is 9.11. The molecule has 4 rings (SSSR count). The van der Waals surface area contributed by atoms with Crippen LogP contribution in [-0.2, 0) is 28.4 Å². The molecule has 1 aromatic carbocycles. The maximum absolute atomic E-state index is 6.49. The van der Waals surface area contributed by atoms with E-state index in [0.717, 1.165) is 39.5 Å². The number of aromatic nitrogens is 2. The minimum atomic E-state index is 0.305. The van der Waals surface area contributed by atoms with Gasteiger partial charge in [-0.1, -0.05) is 0 Å². The highest BCUT2D eigenvalue weighted by atomic mass is 79.9. The normalized spacial score (nSPS) is 11.5. The van der Waals surface area contributed by atoms with Crippen molar-refractivity contribution in [1.82, 2.24) is 8.75 Å². The molecule has 0 radical (unpaired) electrons. The van der Waals surface area contributed by atoms with Gasteiger partial charge in [-0.25, -0.2) is 0 Å². The lowest BCUT2D eigenvalue weighted by Gasteiger charge is -2.20. The summed E-state index contributed by atoms with van der Waals surface area (Å²) >= 11 is 11.6. The van der Waals surface area contributed by atoms with Crippen molar-refractivity contribution < 1.29 is 37.9 Å². The van der Waals surface area contributed by atoms with Gasteiger partial charge in [0.25, 0.3) is 0 Å². The fourth-order valence-electron chi connectivity index (χ4n) is 3.92. The van der Waals surface area contributed by atoms with Crippen LogP contribution in [0.5, 0.6) is 11.5 Å². The predicted molar refractivity (Wildman–Crippen MR) is 177 cm³/mol. The monoisotopic (exact) mass is 780 g/mol. The van der Waals surface area contributed by atoms with Gasteiger partial charge in [-0.2, -0.15) is 8.75 Å². The van der Waals surface area contributed by atoms with E-state index >= 15 is 0 Å². The van der Waals surface area contributed by atoms with E-state index in [4.69, 9.17) is 46.6 Å². The zero-order valence-electron chi connectivity index (χ0n) is 23.9. The van der Waals surface area contributed by atoms with Gasteiger partial charge in [-0.05, 0) is 56.1 Å². The lowest BCUT2D eigenvalue weighted by Crippen LogP contribution is -2.15. The highest BCUT2D eigenvalue weighted by Gasteiger charge is 2.28. The van der Waals surface area contributed by atoms with Crippen molar-refractivity contribution in [2.75, 3.05) is 93.5 Å². The lowest BCUT2D eigenvalue weighted by molar-refractivity contribution is 0.0160. The molecule has 0 aliphatic heterocycles. The predicted octanol–water partition coefficient (Wildman–Crippen LogP) is 6.79. The molecule has 0 amide bonds. The number of ether oxygens (including phenoxy) is 8. The number of benzene rings is 1. The molecule has 10 nitrogen and oxygen atoms in total. The Morgan fingerprint density at radius 3 is 1.26 bits per heavy atom. The summed E-state index contributed by atoms with van der Waals surface area (Å²) in [6.45, 7) is 5.41. The van der Waals surface area contributed by atoms with Crippen molar-refractivity contribution in [3.63, 3.8) is 0 Å². The molecule has 0 bridgehead atoms. The van der Waals surface area contributed by atoms with Crippen LogP contribution >= 0.6 is 66.3 Å². The molecule has 3 aromatic heterocycles. The summed E-state index contributed by atoms with van der Waals surface area (Å²) in [6.07, 6.45) is 0. The van der Waals surface area contributed by atoms with Gasteiger partial charge < -0.3 is 37.9 Å². The Balaban J connectivity index is 1.58. The zero-order valence-corrected chi connectivity index (χ0v) is 29.6. The minimum absolute atomic E-state index is 0.305. The van der Waals surface area contributed by atoms with Crippen LogP contribution in [0.2, 0.25) is 0 Å². The molecule has 0 saturated heterocycles. The van der Waals surface area contributed by atoms with Crippen LogP contribution in [0.25, 0.3) is 31.9 Å². The third-order valence-corrected chi connectivity index (χ3v) is 9.63. The van der Waals surface area contributed by atoms with Gasteiger partial charge in [-0.15, -0.1) is 22.7 Å².